The molecule has 21 heavy (non-hydrogen) atoms. The van der Waals surface area contributed by atoms with Crippen molar-refractivity contribution in [1.82, 2.24) is 0 Å². The van der Waals surface area contributed by atoms with Crippen LogP contribution in [0.15, 0.2) is 53.7 Å². The van der Waals surface area contributed by atoms with E-state index in [1.165, 1.54) is 0 Å². The van der Waals surface area contributed by atoms with Gasteiger partial charge in [-0.1, -0.05) is 54.9 Å². The number of rotatable bonds is 7. The molecular formula is C18H21NO2. The molecule has 110 valence electrons. The van der Waals surface area contributed by atoms with Crippen LogP contribution in [0.25, 0.3) is 0 Å². The highest BCUT2D eigenvalue weighted by Crippen LogP contribution is 2.27. The Balaban J connectivity index is 2.16. The van der Waals surface area contributed by atoms with E-state index in [0.717, 1.165) is 35.3 Å². The second-order valence-electron chi connectivity index (χ2n) is 5.17. The van der Waals surface area contributed by atoms with Crippen molar-refractivity contribution in [1.29, 1.82) is 0 Å². The molecule has 1 unspecified atom stereocenters. The highest BCUT2D eigenvalue weighted by Gasteiger charge is 2.10. The summed E-state index contributed by atoms with van der Waals surface area (Å²) in [6.45, 7) is 4.50. The third kappa shape index (κ3) is 4.15. The molecule has 2 rings (SSSR count). The molecule has 0 fully saturated rings. The number of benzene rings is 2. The van der Waals surface area contributed by atoms with Gasteiger partial charge in [0.15, 0.2) is 0 Å². The second-order valence-corrected chi connectivity index (χ2v) is 5.17. The maximum atomic E-state index is 10.7. The van der Waals surface area contributed by atoms with Gasteiger partial charge >= 0.3 is 0 Å². The van der Waals surface area contributed by atoms with Crippen LogP contribution in [0.5, 0.6) is 5.75 Å². The van der Waals surface area contributed by atoms with Gasteiger partial charge in [-0.05, 0) is 42.2 Å². The lowest BCUT2D eigenvalue weighted by Crippen LogP contribution is -2.00. The van der Waals surface area contributed by atoms with E-state index in [2.05, 4.69) is 12.1 Å². The fourth-order valence-corrected chi connectivity index (χ4v) is 2.26. The summed E-state index contributed by atoms with van der Waals surface area (Å²) in [4.78, 5) is 10.7. The average Bonchev–Trinajstić information content (AvgIpc) is 2.54. The van der Waals surface area contributed by atoms with E-state index in [0.29, 0.717) is 6.61 Å². The third-order valence-corrected chi connectivity index (χ3v) is 3.48. The summed E-state index contributed by atoms with van der Waals surface area (Å²) in [5.41, 5.74) is 3.23. The quantitative estimate of drug-likeness (QED) is 0.667. The number of hydrogen-bond donors (Lipinski definition) is 0. The first-order valence-corrected chi connectivity index (χ1v) is 7.36. The van der Waals surface area contributed by atoms with Crippen molar-refractivity contribution in [2.24, 2.45) is 5.18 Å². The molecule has 2 aromatic carbocycles. The van der Waals surface area contributed by atoms with Crippen LogP contribution in [0, 0.1) is 4.91 Å². The van der Waals surface area contributed by atoms with Crippen molar-refractivity contribution in [2.45, 2.75) is 39.3 Å². The minimum Gasteiger partial charge on any atom is -0.489 e. The van der Waals surface area contributed by atoms with Crippen molar-refractivity contribution >= 4 is 0 Å². The van der Waals surface area contributed by atoms with Gasteiger partial charge in [0.2, 0.25) is 0 Å². The van der Waals surface area contributed by atoms with Crippen molar-refractivity contribution in [2.75, 3.05) is 0 Å². The van der Waals surface area contributed by atoms with E-state index in [9.17, 15) is 4.91 Å². The summed E-state index contributed by atoms with van der Waals surface area (Å²) in [5, 5.41) is 3.09. The Hall–Kier alpha value is -2.16. The summed E-state index contributed by atoms with van der Waals surface area (Å²) in [5.74, 6) is 0.891. The van der Waals surface area contributed by atoms with Crippen molar-refractivity contribution in [3.8, 4) is 5.75 Å². The Morgan fingerprint density at radius 3 is 2.57 bits per heavy atom. The number of nitrogens with zero attached hydrogens (tertiary/aromatic N) is 1. The molecule has 3 heteroatoms. The highest BCUT2D eigenvalue weighted by molar-refractivity contribution is 5.38. The molecule has 0 saturated carbocycles. The van der Waals surface area contributed by atoms with Gasteiger partial charge < -0.3 is 4.74 Å². The maximum absolute atomic E-state index is 10.7. The topological polar surface area (TPSA) is 38.7 Å². The van der Waals surface area contributed by atoms with E-state index in [4.69, 9.17) is 4.74 Å². The summed E-state index contributed by atoms with van der Waals surface area (Å²) in [6, 6.07) is 15.7. The van der Waals surface area contributed by atoms with Gasteiger partial charge in [0.05, 0.1) is 0 Å². The minimum absolute atomic E-state index is 0.316. The van der Waals surface area contributed by atoms with Crippen LogP contribution in [0.4, 0.5) is 0 Å². The van der Waals surface area contributed by atoms with Crippen LogP contribution in [0.2, 0.25) is 0 Å². The van der Waals surface area contributed by atoms with E-state index in [-0.39, 0.29) is 6.04 Å². The van der Waals surface area contributed by atoms with E-state index < -0.39 is 0 Å². The molecule has 0 heterocycles. The molecule has 2 aromatic rings. The molecule has 0 spiro atoms. The Labute approximate surface area is 125 Å². The summed E-state index contributed by atoms with van der Waals surface area (Å²) in [6.07, 6.45) is 1.97. The van der Waals surface area contributed by atoms with Gasteiger partial charge in [0.1, 0.15) is 18.4 Å². The maximum Gasteiger partial charge on any atom is 0.123 e. The van der Waals surface area contributed by atoms with Crippen LogP contribution < -0.4 is 4.74 Å². The standard InChI is InChI=1S/C18H21NO2/c1-3-7-17-12-16(14(2)19-20)10-11-18(17)21-13-15-8-5-4-6-9-15/h4-6,8-12,14H,3,7,13H2,1-2H3. The first-order valence-electron chi connectivity index (χ1n) is 7.36. The van der Waals surface area contributed by atoms with Crippen LogP contribution in [-0.4, -0.2) is 0 Å². The number of nitroso groups, excluding NO2 is 1. The van der Waals surface area contributed by atoms with Crippen molar-refractivity contribution < 1.29 is 4.74 Å². The largest absolute Gasteiger partial charge is 0.489 e. The molecule has 0 amide bonds. The molecule has 1 atom stereocenters. The molecule has 0 aromatic heterocycles. The van der Waals surface area contributed by atoms with Crippen LogP contribution in [-0.2, 0) is 13.0 Å². The fraction of sp³-hybridized carbons (Fsp3) is 0.333. The normalized spacial score (nSPS) is 11.9. The molecule has 3 nitrogen and oxygen atoms in total. The number of aryl methyl sites for hydroxylation is 1. The van der Waals surface area contributed by atoms with E-state index in [1.54, 1.807) is 0 Å². The monoisotopic (exact) mass is 283 g/mol. The van der Waals surface area contributed by atoms with Gasteiger partial charge in [-0.3, -0.25) is 0 Å². The summed E-state index contributed by atoms with van der Waals surface area (Å²) in [7, 11) is 0. The van der Waals surface area contributed by atoms with Crippen LogP contribution in [0.3, 0.4) is 0 Å². The van der Waals surface area contributed by atoms with Crippen LogP contribution >= 0.6 is 0 Å². The van der Waals surface area contributed by atoms with Crippen molar-refractivity contribution in [3.63, 3.8) is 0 Å². The lowest BCUT2D eigenvalue weighted by atomic mass is 10.0. The lowest BCUT2D eigenvalue weighted by molar-refractivity contribution is 0.302. The smallest absolute Gasteiger partial charge is 0.123 e. The average molecular weight is 283 g/mol. The molecule has 0 bridgehead atoms. The van der Waals surface area contributed by atoms with E-state index >= 15 is 0 Å². The first kappa shape index (κ1) is 15.2. The fourth-order valence-electron chi connectivity index (χ4n) is 2.26. The molecule has 0 N–H and O–H groups in total. The molecule has 0 saturated heterocycles. The zero-order valence-corrected chi connectivity index (χ0v) is 12.6. The first-order chi connectivity index (χ1) is 10.2. The Morgan fingerprint density at radius 2 is 1.90 bits per heavy atom. The minimum atomic E-state index is -0.316. The predicted octanol–water partition coefficient (Wildman–Crippen LogP) is 5.05. The van der Waals surface area contributed by atoms with E-state index in [1.807, 2.05) is 55.5 Å². The molecular weight excluding hydrogens is 262 g/mol. The Morgan fingerprint density at radius 1 is 1.14 bits per heavy atom. The Kier molecular flexibility index (Phi) is 5.50. The zero-order chi connectivity index (χ0) is 15.1. The second kappa shape index (κ2) is 7.58. The van der Waals surface area contributed by atoms with Gasteiger partial charge in [0.25, 0.3) is 0 Å². The Bertz CT molecular complexity index is 581. The molecule has 0 aliphatic heterocycles. The van der Waals surface area contributed by atoms with Crippen molar-refractivity contribution in [3.05, 3.63) is 70.1 Å². The van der Waals surface area contributed by atoms with Crippen LogP contribution in [0.1, 0.15) is 43.0 Å². The number of hydrogen-bond acceptors (Lipinski definition) is 3. The molecule has 0 aliphatic rings. The third-order valence-electron chi connectivity index (χ3n) is 3.48. The van der Waals surface area contributed by atoms with Gasteiger partial charge in [-0.25, -0.2) is 0 Å². The lowest BCUT2D eigenvalue weighted by Gasteiger charge is -2.13. The summed E-state index contributed by atoms with van der Waals surface area (Å²) >= 11 is 0. The number of ether oxygens (including phenoxy) is 1. The highest BCUT2D eigenvalue weighted by atomic mass is 16.5. The van der Waals surface area contributed by atoms with Gasteiger partial charge in [-0.15, -0.1) is 0 Å². The molecule has 0 aliphatic carbocycles. The zero-order valence-electron chi connectivity index (χ0n) is 12.6. The SMILES string of the molecule is CCCc1cc(C(C)N=O)ccc1OCc1ccccc1. The van der Waals surface area contributed by atoms with Gasteiger partial charge in [0, 0.05) is 0 Å². The summed E-state index contributed by atoms with van der Waals surface area (Å²) < 4.78 is 5.94. The van der Waals surface area contributed by atoms with Gasteiger partial charge in [-0.2, -0.15) is 4.91 Å². The predicted molar refractivity (Wildman–Crippen MR) is 85.4 cm³/mol. The molecule has 0 radical (unpaired) electrons.